The molecule has 0 aliphatic carbocycles. The Morgan fingerprint density at radius 3 is 2.40 bits per heavy atom. The van der Waals surface area contributed by atoms with Gasteiger partial charge in [-0.15, -0.1) is 0 Å². The van der Waals surface area contributed by atoms with Crippen molar-refractivity contribution in [3.63, 3.8) is 0 Å². The first-order valence-electron chi connectivity index (χ1n) is 5.85. The molecule has 0 saturated carbocycles. The van der Waals surface area contributed by atoms with E-state index in [1.165, 1.54) is 0 Å². The SMILES string of the molecule is CCC[C@@]1(CC)N[C@@H]1C(=O)OC(C)(C)C. The van der Waals surface area contributed by atoms with Gasteiger partial charge < -0.3 is 4.74 Å². The maximum atomic E-state index is 11.8. The standard InChI is InChI=1S/C12H23NO2/c1-6-8-12(7-2)9(13-12)10(14)15-11(3,4)5/h9,13H,6-8H2,1-5H3/t9-,12-/m1/s1. The lowest BCUT2D eigenvalue weighted by Gasteiger charge is -2.20. The number of hydrogen-bond donors (Lipinski definition) is 1. The number of esters is 1. The molecular weight excluding hydrogens is 190 g/mol. The maximum Gasteiger partial charge on any atom is 0.325 e. The summed E-state index contributed by atoms with van der Waals surface area (Å²) in [4.78, 5) is 11.8. The summed E-state index contributed by atoms with van der Waals surface area (Å²) in [5.41, 5.74) is -0.357. The van der Waals surface area contributed by atoms with E-state index < -0.39 is 0 Å². The maximum absolute atomic E-state index is 11.8. The molecule has 0 spiro atoms. The minimum atomic E-state index is -0.382. The van der Waals surface area contributed by atoms with Crippen LogP contribution < -0.4 is 5.32 Å². The Bertz CT molecular complexity index is 244. The fourth-order valence-corrected chi connectivity index (χ4v) is 2.04. The van der Waals surface area contributed by atoms with E-state index in [1.54, 1.807) is 0 Å². The number of hydrogen-bond acceptors (Lipinski definition) is 3. The van der Waals surface area contributed by atoms with Gasteiger partial charge in [-0.05, 0) is 33.6 Å². The van der Waals surface area contributed by atoms with Crippen molar-refractivity contribution in [1.29, 1.82) is 0 Å². The van der Waals surface area contributed by atoms with Crippen molar-refractivity contribution in [2.24, 2.45) is 0 Å². The van der Waals surface area contributed by atoms with Crippen LogP contribution in [0.15, 0.2) is 0 Å². The number of carbonyl (C=O) groups is 1. The number of ether oxygens (including phenoxy) is 1. The van der Waals surface area contributed by atoms with Crippen LogP contribution in [0.3, 0.4) is 0 Å². The van der Waals surface area contributed by atoms with E-state index in [-0.39, 0.29) is 23.2 Å². The van der Waals surface area contributed by atoms with Gasteiger partial charge in [-0.2, -0.15) is 0 Å². The molecule has 0 radical (unpaired) electrons. The Balaban J connectivity index is 2.51. The lowest BCUT2D eigenvalue weighted by Crippen LogP contribution is -2.30. The van der Waals surface area contributed by atoms with Crippen LogP contribution >= 0.6 is 0 Å². The highest BCUT2D eigenvalue weighted by molar-refractivity contribution is 5.82. The van der Waals surface area contributed by atoms with E-state index in [9.17, 15) is 4.79 Å². The zero-order valence-corrected chi connectivity index (χ0v) is 10.5. The highest BCUT2D eigenvalue weighted by Crippen LogP contribution is 2.36. The van der Waals surface area contributed by atoms with Crippen molar-refractivity contribution >= 4 is 5.97 Å². The third-order valence-corrected chi connectivity index (χ3v) is 2.87. The quantitative estimate of drug-likeness (QED) is 0.575. The van der Waals surface area contributed by atoms with E-state index in [4.69, 9.17) is 4.74 Å². The zero-order chi connectivity index (χ0) is 11.7. The molecule has 1 fully saturated rings. The molecule has 1 aliphatic rings. The summed E-state index contributed by atoms with van der Waals surface area (Å²) >= 11 is 0. The summed E-state index contributed by atoms with van der Waals surface area (Å²) in [6, 6.07) is -0.0818. The average molecular weight is 213 g/mol. The van der Waals surface area contributed by atoms with Gasteiger partial charge in [-0.1, -0.05) is 20.3 Å². The van der Waals surface area contributed by atoms with Crippen molar-refractivity contribution < 1.29 is 9.53 Å². The molecule has 0 unspecified atom stereocenters. The average Bonchev–Trinajstić information content (AvgIpc) is 2.78. The van der Waals surface area contributed by atoms with Gasteiger partial charge in [0.15, 0.2) is 0 Å². The topological polar surface area (TPSA) is 48.2 Å². The summed E-state index contributed by atoms with van der Waals surface area (Å²) < 4.78 is 5.36. The Morgan fingerprint density at radius 1 is 1.40 bits per heavy atom. The van der Waals surface area contributed by atoms with Gasteiger partial charge in [0, 0.05) is 5.54 Å². The molecule has 3 heteroatoms. The molecule has 0 aromatic rings. The van der Waals surface area contributed by atoms with Crippen molar-refractivity contribution in [2.75, 3.05) is 0 Å². The van der Waals surface area contributed by atoms with Gasteiger partial charge in [0.2, 0.25) is 0 Å². The van der Waals surface area contributed by atoms with Crippen LogP contribution in [0.4, 0.5) is 0 Å². The monoisotopic (exact) mass is 213 g/mol. The van der Waals surface area contributed by atoms with Crippen LogP contribution in [0.2, 0.25) is 0 Å². The van der Waals surface area contributed by atoms with E-state index >= 15 is 0 Å². The zero-order valence-electron chi connectivity index (χ0n) is 10.5. The first-order valence-corrected chi connectivity index (χ1v) is 5.85. The van der Waals surface area contributed by atoms with Crippen LogP contribution in [0.1, 0.15) is 53.9 Å². The molecule has 2 atom stereocenters. The largest absolute Gasteiger partial charge is 0.459 e. The second-order valence-corrected chi connectivity index (χ2v) is 5.37. The summed E-state index contributed by atoms with van der Waals surface area (Å²) in [5, 5.41) is 3.28. The summed E-state index contributed by atoms with van der Waals surface area (Å²) in [6.45, 7) is 9.97. The molecule has 0 bridgehead atoms. The molecule has 1 rings (SSSR count). The first-order chi connectivity index (χ1) is 6.84. The smallest absolute Gasteiger partial charge is 0.325 e. The minimum absolute atomic E-state index is 0.0249. The van der Waals surface area contributed by atoms with E-state index in [0.717, 1.165) is 19.3 Å². The summed E-state index contributed by atoms with van der Waals surface area (Å²) in [5.74, 6) is -0.0993. The van der Waals surface area contributed by atoms with Crippen molar-refractivity contribution in [3.8, 4) is 0 Å². The van der Waals surface area contributed by atoms with Gasteiger partial charge in [0.1, 0.15) is 11.6 Å². The number of nitrogens with one attached hydrogen (secondary N) is 1. The number of carbonyl (C=O) groups excluding carboxylic acids is 1. The highest BCUT2D eigenvalue weighted by atomic mass is 16.6. The molecule has 1 heterocycles. The van der Waals surface area contributed by atoms with Gasteiger partial charge >= 0.3 is 5.97 Å². The van der Waals surface area contributed by atoms with E-state index in [1.807, 2.05) is 20.8 Å². The Labute approximate surface area is 92.6 Å². The molecule has 88 valence electrons. The molecule has 3 nitrogen and oxygen atoms in total. The lowest BCUT2D eigenvalue weighted by molar-refractivity contribution is -0.154. The molecule has 0 amide bonds. The van der Waals surface area contributed by atoms with Gasteiger partial charge in [-0.25, -0.2) is 0 Å². The van der Waals surface area contributed by atoms with Gasteiger partial charge in [0.25, 0.3) is 0 Å². The van der Waals surface area contributed by atoms with Crippen molar-refractivity contribution in [2.45, 2.75) is 71.1 Å². The molecule has 0 aromatic carbocycles. The van der Waals surface area contributed by atoms with E-state index in [0.29, 0.717) is 0 Å². The normalized spacial score (nSPS) is 30.1. The lowest BCUT2D eigenvalue weighted by atomic mass is 9.96. The molecular formula is C12H23NO2. The molecule has 0 aromatic heterocycles. The number of rotatable bonds is 4. The third-order valence-electron chi connectivity index (χ3n) is 2.87. The third kappa shape index (κ3) is 2.94. The minimum Gasteiger partial charge on any atom is -0.459 e. The molecule has 15 heavy (non-hydrogen) atoms. The predicted molar refractivity (Wildman–Crippen MR) is 60.7 cm³/mol. The van der Waals surface area contributed by atoms with Crippen molar-refractivity contribution in [3.05, 3.63) is 0 Å². The molecule has 1 saturated heterocycles. The second-order valence-electron chi connectivity index (χ2n) is 5.37. The first kappa shape index (κ1) is 12.5. The Hall–Kier alpha value is -0.570. The second kappa shape index (κ2) is 4.12. The van der Waals surface area contributed by atoms with Gasteiger partial charge in [0.05, 0.1) is 0 Å². The Morgan fingerprint density at radius 2 is 2.00 bits per heavy atom. The fraction of sp³-hybridized carbons (Fsp3) is 0.917. The van der Waals surface area contributed by atoms with Crippen LogP contribution in [-0.4, -0.2) is 23.2 Å². The highest BCUT2D eigenvalue weighted by Gasteiger charge is 2.56. The van der Waals surface area contributed by atoms with Crippen LogP contribution in [0.5, 0.6) is 0 Å². The summed E-state index contributed by atoms with van der Waals surface area (Å²) in [6.07, 6.45) is 3.14. The predicted octanol–water partition coefficient (Wildman–Crippen LogP) is 2.25. The fourth-order valence-electron chi connectivity index (χ4n) is 2.04. The molecule has 1 aliphatic heterocycles. The van der Waals surface area contributed by atoms with Crippen LogP contribution in [0.25, 0.3) is 0 Å². The Kier molecular flexibility index (Phi) is 3.44. The van der Waals surface area contributed by atoms with Crippen molar-refractivity contribution in [1.82, 2.24) is 5.32 Å². The summed E-state index contributed by atoms with van der Waals surface area (Å²) in [7, 11) is 0. The van der Waals surface area contributed by atoms with Gasteiger partial charge in [-0.3, -0.25) is 10.1 Å². The van der Waals surface area contributed by atoms with E-state index in [2.05, 4.69) is 19.2 Å². The molecule has 1 N–H and O–H groups in total. The van der Waals surface area contributed by atoms with Crippen LogP contribution in [0, 0.1) is 0 Å². The van der Waals surface area contributed by atoms with Crippen LogP contribution in [-0.2, 0) is 9.53 Å².